The normalized spacial score (nSPS) is 25.8. The van der Waals surface area contributed by atoms with Crippen LogP contribution in [0.25, 0.3) is 0 Å². The molecule has 1 heterocycles. The third-order valence-corrected chi connectivity index (χ3v) is 3.65. The van der Waals surface area contributed by atoms with Crippen LogP contribution in [0.4, 0.5) is 4.79 Å². The average Bonchev–Trinajstić information content (AvgIpc) is 2.23. The summed E-state index contributed by atoms with van der Waals surface area (Å²) in [6.45, 7) is 5.74. The number of rotatable bonds is 1. The molecule has 0 aromatic heterocycles. The number of morpholine rings is 1. The monoisotopic (exact) mass is 271 g/mol. The van der Waals surface area contributed by atoms with Crippen molar-refractivity contribution in [3.63, 3.8) is 0 Å². The van der Waals surface area contributed by atoms with Crippen molar-refractivity contribution < 1.29 is 24.2 Å². The first-order valence-corrected chi connectivity index (χ1v) is 6.59. The van der Waals surface area contributed by atoms with Crippen LogP contribution in [0.15, 0.2) is 0 Å². The van der Waals surface area contributed by atoms with E-state index in [1.54, 1.807) is 25.7 Å². The Morgan fingerprint density at radius 1 is 1.37 bits per heavy atom. The summed E-state index contributed by atoms with van der Waals surface area (Å²) in [4.78, 5) is 24.8. The first-order chi connectivity index (χ1) is 8.73. The molecule has 2 aliphatic rings. The lowest BCUT2D eigenvalue weighted by Gasteiger charge is -2.53. The van der Waals surface area contributed by atoms with Crippen LogP contribution in [0.1, 0.15) is 40.0 Å². The van der Waals surface area contributed by atoms with E-state index in [-0.39, 0.29) is 18.7 Å². The average molecular weight is 271 g/mol. The van der Waals surface area contributed by atoms with Crippen molar-refractivity contribution in [3.8, 4) is 0 Å². The van der Waals surface area contributed by atoms with Gasteiger partial charge in [-0.2, -0.15) is 0 Å². The molecule has 0 bridgehead atoms. The second kappa shape index (κ2) is 4.67. The highest BCUT2D eigenvalue weighted by Gasteiger charge is 2.51. The molecule has 1 amide bonds. The molecule has 1 saturated carbocycles. The standard InChI is InChI=1S/C13H21NO5/c1-12(2,3)19-11(17)14-7-9(10(15)16)18-8-13(14)5-4-6-13/h9H,4-8H2,1-3H3,(H,15,16). The lowest BCUT2D eigenvalue weighted by molar-refractivity contribution is -0.173. The maximum atomic E-state index is 12.2. The molecule has 1 N–H and O–H groups in total. The molecule has 1 aliphatic heterocycles. The van der Waals surface area contributed by atoms with Gasteiger partial charge >= 0.3 is 12.1 Å². The molecule has 108 valence electrons. The molecule has 19 heavy (non-hydrogen) atoms. The minimum atomic E-state index is -1.04. The molecule has 0 aromatic rings. The lowest BCUT2D eigenvalue weighted by Crippen LogP contribution is -2.66. The quantitative estimate of drug-likeness (QED) is 0.784. The first kappa shape index (κ1) is 14.1. The van der Waals surface area contributed by atoms with E-state index < -0.39 is 23.8 Å². The van der Waals surface area contributed by atoms with Crippen LogP contribution < -0.4 is 0 Å². The SMILES string of the molecule is CC(C)(C)OC(=O)N1CC(C(=O)O)OCC12CCC2. The van der Waals surface area contributed by atoms with E-state index in [2.05, 4.69) is 0 Å². The number of hydrogen-bond donors (Lipinski definition) is 1. The number of carbonyl (C=O) groups excluding carboxylic acids is 1. The molecule has 6 heteroatoms. The molecule has 1 atom stereocenters. The summed E-state index contributed by atoms with van der Waals surface area (Å²) in [6.07, 6.45) is 1.32. The zero-order valence-electron chi connectivity index (χ0n) is 11.6. The van der Waals surface area contributed by atoms with Gasteiger partial charge in [-0.3, -0.25) is 4.90 Å². The van der Waals surface area contributed by atoms with Crippen molar-refractivity contribution in [1.29, 1.82) is 0 Å². The second-order valence-electron chi connectivity index (χ2n) is 6.31. The van der Waals surface area contributed by atoms with Gasteiger partial charge in [0.05, 0.1) is 18.7 Å². The van der Waals surface area contributed by atoms with Gasteiger partial charge in [-0.25, -0.2) is 9.59 Å². The van der Waals surface area contributed by atoms with Crippen LogP contribution in [-0.2, 0) is 14.3 Å². The third kappa shape index (κ3) is 2.83. The molecule has 2 rings (SSSR count). The number of carboxylic acid groups (broad SMARTS) is 1. The van der Waals surface area contributed by atoms with E-state index >= 15 is 0 Å². The number of carbonyl (C=O) groups is 2. The molecule has 1 unspecified atom stereocenters. The van der Waals surface area contributed by atoms with E-state index in [1.807, 2.05) is 0 Å². The van der Waals surface area contributed by atoms with Crippen molar-refractivity contribution in [2.75, 3.05) is 13.2 Å². The summed E-state index contributed by atoms with van der Waals surface area (Å²) >= 11 is 0. The minimum absolute atomic E-state index is 0.0598. The zero-order chi connectivity index (χ0) is 14.3. The minimum Gasteiger partial charge on any atom is -0.479 e. The van der Waals surface area contributed by atoms with Crippen molar-refractivity contribution in [2.24, 2.45) is 0 Å². The van der Waals surface area contributed by atoms with Crippen LogP contribution in [-0.4, -0.2) is 52.5 Å². The van der Waals surface area contributed by atoms with E-state index in [0.717, 1.165) is 19.3 Å². The van der Waals surface area contributed by atoms with Gasteiger partial charge in [0.15, 0.2) is 6.10 Å². The van der Waals surface area contributed by atoms with Gasteiger partial charge < -0.3 is 14.6 Å². The molecular weight excluding hydrogens is 250 g/mol. The van der Waals surface area contributed by atoms with Crippen molar-refractivity contribution in [1.82, 2.24) is 4.90 Å². The molecule has 1 saturated heterocycles. The highest BCUT2D eigenvalue weighted by molar-refractivity contribution is 5.75. The maximum absolute atomic E-state index is 12.2. The summed E-state index contributed by atoms with van der Waals surface area (Å²) in [5.41, 5.74) is -0.937. The van der Waals surface area contributed by atoms with Crippen LogP contribution >= 0.6 is 0 Å². The summed E-state index contributed by atoms with van der Waals surface area (Å²) in [5, 5.41) is 9.03. The highest BCUT2D eigenvalue weighted by atomic mass is 16.6. The number of ether oxygens (including phenoxy) is 2. The molecule has 0 radical (unpaired) electrons. The fourth-order valence-corrected chi connectivity index (χ4v) is 2.48. The summed E-state index contributed by atoms with van der Waals surface area (Å²) in [6, 6.07) is 0. The van der Waals surface area contributed by atoms with Crippen LogP contribution in [0.3, 0.4) is 0 Å². The molecule has 1 aliphatic carbocycles. The van der Waals surface area contributed by atoms with Crippen LogP contribution in [0.2, 0.25) is 0 Å². The van der Waals surface area contributed by atoms with Gasteiger partial charge in [-0.1, -0.05) is 0 Å². The molecule has 0 aromatic carbocycles. The zero-order valence-corrected chi connectivity index (χ0v) is 11.6. The van der Waals surface area contributed by atoms with Crippen molar-refractivity contribution in [2.45, 2.75) is 57.3 Å². The molecule has 6 nitrogen and oxygen atoms in total. The fourth-order valence-electron chi connectivity index (χ4n) is 2.48. The highest BCUT2D eigenvalue weighted by Crippen LogP contribution is 2.41. The summed E-state index contributed by atoms with van der Waals surface area (Å²) in [7, 11) is 0. The van der Waals surface area contributed by atoms with Gasteiger partial charge in [-0.05, 0) is 40.0 Å². The third-order valence-electron chi connectivity index (χ3n) is 3.65. The lowest BCUT2D eigenvalue weighted by atomic mass is 9.75. The Bertz CT molecular complexity index is 383. The van der Waals surface area contributed by atoms with E-state index in [1.165, 1.54) is 0 Å². The van der Waals surface area contributed by atoms with E-state index in [0.29, 0.717) is 0 Å². The number of nitrogens with zero attached hydrogens (tertiary/aromatic N) is 1. The topological polar surface area (TPSA) is 76.1 Å². The van der Waals surface area contributed by atoms with E-state index in [9.17, 15) is 9.59 Å². The predicted octanol–water partition coefficient (Wildman–Crippen LogP) is 1.63. The number of aliphatic carboxylic acids is 1. The van der Waals surface area contributed by atoms with Crippen LogP contribution in [0.5, 0.6) is 0 Å². The largest absolute Gasteiger partial charge is 0.479 e. The van der Waals surface area contributed by atoms with Gasteiger partial charge in [0.2, 0.25) is 0 Å². The van der Waals surface area contributed by atoms with Crippen molar-refractivity contribution >= 4 is 12.1 Å². The van der Waals surface area contributed by atoms with Gasteiger partial charge in [-0.15, -0.1) is 0 Å². The molecular formula is C13H21NO5. The Morgan fingerprint density at radius 3 is 2.42 bits per heavy atom. The Labute approximate surface area is 112 Å². The molecule has 2 fully saturated rings. The smallest absolute Gasteiger partial charge is 0.410 e. The van der Waals surface area contributed by atoms with Gasteiger partial charge in [0, 0.05) is 0 Å². The molecule has 1 spiro atoms. The number of hydrogen-bond acceptors (Lipinski definition) is 4. The van der Waals surface area contributed by atoms with Crippen LogP contribution in [0, 0.1) is 0 Å². The van der Waals surface area contributed by atoms with Crippen molar-refractivity contribution in [3.05, 3.63) is 0 Å². The summed E-state index contributed by atoms with van der Waals surface area (Å²) < 4.78 is 10.7. The number of carboxylic acids is 1. The Hall–Kier alpha value is -1.30. The fraction of sp³-hybridized carbons (Fsp3) is 0.846. The first-order valence-electron chi connectivity index (χ1n) is 6.59. The summed E-state index contributed by atoms with van der Waals surface area (Å²) in [5.74, 6) is -1.04. The Balaban J connectivity index is 2.12. The Kier molecular flexibility index (Phi) is 3.47. The second-order valence-corrected chi connectivity index (χ2v) is 6.31. The Morgan fingerprint density at radius 2 is 2.00 bits per heavy atom. The number of amides is 1. The van der Waals surface area contributed by atoms with Gasteiger partial charge in [0.25, 0.3) is 0 Å². The predicted molar refractivity (Wildman–Crippen MR) is 66.9 cm³/mol. The van der Waals surface area contributed by atoms with E-state index in [4.69, 9.17) is 14.6 Å². The maximum Gasteiger partial charge on any atom is 0.410 e. The van der Waals surface area contributed by atoms with Gasteiger partial charge in [0.1, 0.15) is 5.60 Å².